The van der Waals surface area contributed by atoms with Gasteiger partial charge in [0.1, 0.15) is 0 Å². The minimum atomic E-state index is -0.348. The van der Waals surface area contributed by atoms with Gasteiger partial charge in [-0.3, -0.25) is 4.79 Å². The Morgan fingerprint density at radius 1 is 1.09 bits per heavy atom. The van der Waals surface area contributed by atoms with Crippen molar-refractivity contribution in [2.24, 2.45) is 0 Å². The Kier molecular flexibility index (Phi) is 11.1. The van der Waals surface area contributed by atoms with Gasteiger partial charge in [0.15, 0.2) is 0 Å². The van der Waals surface area contributed by atoms with Crippen molar-refractivity contribution in [3.63, 3.8) is 0 Å². The molecule has 0 atom stereocenters. The quantitative estimate of drug-likeness (QED) is 0.699. The minimum Gasteiger partial charge on any atom is -0.462 e. The van der Waals surface area contributed by atoms with Crippen LogP contribution in [0.1, 0.15) is 44.0 Å². The number of esters is 1. The molecule has 0 spiro atoms. The summed E-state index contributed by atoms with van der Waals surface area (Å²) >= 11 is 0. The molecule has 0 heterocycles. The molecule has 23 heavy (non-hydrogen) atoms. The third-order valence-electron chi connectivity index (χ3n) is 3.45. The lowest BCUT2D eigenvalue weighted by Gasteiger charge is -2.17. The van der Waals surface area contributed by atoms with Crippen LogP contribution in [0, 0.1) is 0 Å². The van der Waals surface area contributed by atoms with E-state index in [0.717, 1.165) is 26.1 Å². The summed E-state index contributed by atoms with van der Waals surface area (Å²) in [6, 6.07) is 6.75. The SMILES string of the molecule is CCOC(=O)c1ccc(NC(=O)CCCN(CC)CC)cc1.Cl. The van der Waals surface area contributed by atoms with E-state index >= 15 is 0 Å². The topological polar surface area (TPSA) is 58.6 Å². The standard InChI is InChI=1S/C17H26N2O3.ClH/c1-4-19(5-2)13-7-8-16(20)18-15-11-9-14(10-12-15)17(21)22-6-3;/h9-12H,4-8,13H2,1-3H3,(H,18,20);1H. The molecule has 1 N–H and O–H groups in total. The van der Waals surface area contributed by atoms with E-state index in [1.165, 1.54) is 0 Å². The van der Waals surface area contributed by atoms with Gasteiger partial charge in [-0.15, -0.1) is 12.4 Å². The molecule has 0 saturated carbocycles. The molecule has 1 rings (SSSR count). The van der Waals surface area contributed by atoms with Gasteiger partial charge in [0.2, 0.25) is 5.91 Å². The first kappa shape index (κ1) is 21.4. The van der Waals surface area contributed by atoms with Crippen LogP contribution in [0.3, 0.4) is 0 Å². The number of nitrogens with zero attached hydrogens (tertiary/aromatic N) is 1. The fourth-order valence-corrected chi connectivity index (χ4v) is 2.13. The summed E-state index contributed by atoms with van der Waals surface area (Å²) < 4.78 is 4.91. The van der Waals surface area contributed by atoms with Crippen molar-refractivity contribution in [3.05, 3.63) is 29.8 Å². The number of anilines is 1. The van der Waals surface area contributed by atoms with Gasteiger partial charge < -0.3 is 15.0 Å². The number of rotatable bonds is 9. The molecule has 0 aliphatic heterocycles. The summed E-state index contributed by atoms with van der Waals surface area (Å²) in [5.74, 6) is -0.351. The van der Waals surface area contributed by atoms with Crippen LogP contribution in [-0.2, 0) is 9.53 Å². The number of halogens is 1. The largest absolute Gasteiger partial charge is 0.462 e. The summed E-state index contributed by atoms with van der Waals surface area (Å²) in [5.41, 5.74) is 1.18. The third kappa shape index (κ3) is 8.00. The van der Waals surface area contributed by atoms with Gasteiger partial charge in [0.05, 0.1) is 12.2 Å². The number of nitrogens with one attached hydrogen (secondary N) is 1. The Bertz CT molecular complexity index is 473. The van der Waals surface area contributed by atoms with Gasteiger partial charge in [-0.05, 0) is 57.2 Å². The maximum atomic E-state index is 11.9. The fraction of sp³-hybridized carbons (Fsp3) is 0.529. The Balaban J connectivity index is 0.00000484. The van der Waals surface area contributed by atoms with Crippen LogP contribution in [-0.4, -0.2) is 43.0 Å². The summed E-state index contributed by atoms with van der Waals surface area (Å²) in [4.78, 5) is 25.7. The van der Waals surface area contributed by atoms with Crippen molar-refractivity contribution in [3.8, 4) is 0 Å². The number of amides is 1. The van der Waals surface area contributed by atoms with E-state index in [-0.39, 0.29) is 24.3 Å². The highest BCUT2D eigenvalue weighted by atomic mass is 35.5. The Morgan fingerprint density at radius 2 is 1.70 bits per heavy atom. The molecule has 6 heteroatoms. The zero-order valence-corrected chi connectivity index (χ0v) is 14.9. The van der Waals surface area contributed by atoms with Crippen LogP contribution in [0.2, 0.25) is 0 Å². The van der Waals surface area contributed by atoms with E-state index in [2.05, 4.69) is 24.1 Å². The van der Waals surface area contributed by atoms with Crippen molar-refractivity contribution in [1.29, 1.82) is 0 Å². The predicted molar refractivity (Wildman–Crippen MR) is 95.3 cm³/mol. The zero-order chi connectivity index (χ0) is 16.4. The Hall–Kier alpha value is -1.59. The fourth-order valence-electron chi connectivity index (χ4n) is 2.13. The number of carbonyl (C=O) groups is 2. The molecular formula is C17H27ClN2O3. The molecule has 0 radical (unpaired) electrons. The summed E-state index contributed by atoms with van der Waals surface area (Å²) in [6.07, 6.45) is 1.34. The van der Waals surface area contributed by atoms with E-state index in [4.69, 9.17) is 4.74 Å². The molecule has 1 aromatic rings. The van der Waals surface area contributed by atoms with Crippen molar-refractivity contribution in [1.82, 2.24) is 4.90 Å². The van der Waals surface area contributed by atoms with Crippen LogP contribution in [0.25, 0.3) is 0 Å². The van der Waals surface area contributed by atoms with Crippen LogP contribution < -0.4 is 5.32 Å². The van der Waals surface area contributed by atoms with Crippen LogP contribution in [0.15, 0.2) is 24.3 Å². The second-order valence-electron chi connectivity index (χ2n) is 4.98. The molecule has 5 nitrogen and oxygen atoms in total. The molecular weight excluding hydrogens is 316 g/mol. The second kappa shape index (κ2) is 11.9. The highest BCUT2D eigenvalue weighted by Gasteiger charge is 2.07. The monoisotopic (exact) mass is 342 g/mol. The summed E-state index contributed by atoms with van der Waals surface area (Å²) in [6.45, 7) is 9.31. The lowest BCUT2D eigenvalue weighted by Crippen LogP contribution is -2.25. The number of benzene rings is 1. The van der Waals surface area contributed by atoms with Crippen LogP contribution >= 0.6 is 12.4 Å². The molecule has 0 saturated heterocycles. The first-order valence-electron chi connectivity index (χ1n) is 7.90. The molecule has 0 aliphatic rings. The lowest BCUT2D eigenvalue weighted by molar-refractivity contribution is -0.116. The highest BCUT2D eigenvalue weighted by Crippen LogP contribution is 2.11. The first-order valence-corrected chi connectivity index (χ1v) is 7.90. The van der Waals surface area contributed by atoms with Crippen molar-refractivity contribution >= 4 is 30.0 Å². The van der Waals surface area contributed by atoms with E-state index in [1.54, 1.807) is 31.2 Å². The predicted octanol–water partition coefficient (Wildman–Crippen LogP) is 3.35. The van der Waals surface area contributed by atoms with Gasteiger partial charge in [0.25, 0.3) is 0 Å². The van der Waals surface area contributed by atoms with Gasteiger partial charge in [-0.25, -0.2) is 4.79 Å². The van der Waals surface area contributed by atoms with Crippen molar-refractivity contribution < 1.29 is 14.3 Å². The smallest absolute Gasteiger partial charge is 0.338 e. The highest BCUT2D eigenvalue weighted by molar-refractivity contribution is 5.93. The minimum absolute atomic E-state index is 0. The van der Waals surface area contributed by atoms with Crippen molar-refractivity contribution in [2.75, 3.05) is 31.6 Å². The molecule has 0 aromatic heterocycles. The van der Waals surface area contributed by atoms with Gasteiger partial charge in [0, 0.05) is 12.1 Å². The van der Waals surface area contributed by atoms with Gasteiger partial charge in [-0.1, -0.05) is 13.8 Å². The zero-order valence-electron chi connectivity index (χ0n) is 14.1. The van der Waals surface area contributed by atoms with E-state index in [9.17, 15) is 9.59 Å². The lowest BCUT2D eigenvalue weighted by atomic mass is 10.2. The Labute approximate surface area is 144 Å². The molecule has 130 valence electrons. The van der Waals surface area contributed by atoms with Crippen molar-refractivity contribution in [2.45, 2.75) is 33.6 Å². The summed E-state index contributed by atoms with van der Waals surface area (Å²) in [5, 5.41) is 2.84. The van der Waals surface area contributed by atoms with E-state index in [1.807, 2.05) is 0 Å². The summed E-state index contributed by atoms with van der Waals surface area (Å²) in [7, 11) is 0. The Morgan fingerprint density at radius 3 is 2.22 bits per heavy atom. The molecule has 0 bridgehead atoms. The number of hydrogen-bond donors (Lipinski definition) is 1. The van der Waals surface area contributed by atoms with E-state index in [0.29, 0.717) is 24.3 Å². The maximum Gasteiger partial charge on any atom is 0.338 e. The van der Waals surface area contributed by atoms with Crippen LogP contribution in [0.5, 0.6) is 0 Å². The first-order chi connectivity index (χ1) is 10.6. The average molecular weight is 343 g/mol. The van der Waals surface area contributed by atoms with E-state index < -0.39 is 0 Å². The molecule has 0 fully saturated rings. The average Bonchev–Trinajstić information content (AvgIpc) is 2.52. The second-order valence-corrected chi connectivity index (χ2v) is 4.98. The number of ether oxygens (including phenoxy) is 1. The molecule has 1 amide bonds. The molecule has 0 unspecified atom stereocenters. The third-order valence-corrected chi connectivity index (χ3v) is 3.45. The number of carbonyl (C=O) groups excluding carboxylic acids is 2. The van der Waals surface area contributed by atoms with Gasteiger partial charge in [-0.2, -0.15) is 0 Å². The molecule has 0 aliphatic carbocycles. The normalized spacial score (nSPS) is 10.1. The molecule has 1 aromatic carbocycles. The number of hydrogen-bond acceptors (Lipinski definition) is 4. The maximum absolute atomic E-state index is 11.9. The van der Waals surface area contributed by atoms with Crippen LogP contribution in [0.4, 0.5) is 5.69 Å². The van der Waals surface area contributed by atoms with Gasteiger partial charge >= 0.3 is 5.97 Å².